The summed E-state index contributed by atoms with van der Waals surface area (Å²) in [4.78, 5) is 0. The van der Waals surface area contributed by atoms with Crippen LogP contribution in [0.4, 0.5) is 5.69 Å². The zero-order valence-corrected chi connectivity index (χ0v) is 14.6. The average molecular weight is 335 g/mol. The van der Waals surface area contributed by atoms with Crippen molar-refractivity contribution >= 4 is 15.7 Å². The lowest BCUT2D eigenvalue weighted by atomic mass is 10.1. The molecule has 0 saturated heterocycles. The van der Waals surface area contributed by atoms with Crippen LogP contribution in [0.1, 0.15) is 11.1 Å². The fourth-order valence-corrected chi connectivity index (χ4v) is 3.19. The highest BCUT2D eigenvalue weighted by Crippen LogP contribution is 2.26. The highest BCUT2D eigenvalue weighted by molar-refractivity contribution is 7.92. The van der Waals surface area contributed by atoms with Crippen LogP contribution in [-0.2, 0) is 16.6 Å². The van der Waals surface area contributed by atoms with Gasteiger partial charge in [-0.2, -0.15) is 0 Å². The van der Waals surface area contributed by atoms with E-state index in [1.807, 2.05) is 25.1 Å². The molecule has 0 bridgehead atoms. The van der Waals surface area contributed by atoms with E-state index in [-0.39, 0.29) is 6.54 Å². The van der Waals surface area contributed by atoms with E-state index in [0.29, 0.717) is 17.2 Å². The molecular formula is C17H21NO4S. The van der Waals surface area contributed by atoms with Gasteiger partial charge in [0.2, 0.25) is 10.0 Å². The Morgan fingerprint density at radius 1 is 1.00 bits per heavy atom. The van der Waals surface area contributed by atoms with Gasteiger partial charge in [0.15, 0.2) is 0 Å². The summed E-state index contributed by atoms with van der Waals surface area (Å²) in [6.45, 7) is 2.13. The highest BCUT2D eigenvalue weighted by atomic mass is 32.2. The SMILES string of the molecule is COc1cc(CN(c2cccc(C)c2)S(C)(=O)=O)cc(OC)c1. The minimum atomic E-state index is -3.42. The van der Waals surface area contributed by atoms with Gasteiger partial charge in [0.1, 0.15) is 11.5 Å². The molecule has 2 rings (SSSR count). The Morgan fingerprint density at radius 2 is 1.61 bits per heavy atom. The molecule has 0 aliphatic carbocycles. The maximum absolute atomic E-state index is 12.2. The Labute approximate surface area is 137 Å². The number of rotatable bonds is 6. The average Bonchev–Trinajstić information content (AvgIpc) is 2.51. The molecule has 0 atom stereocenters. The Morgan fingerprint density at radius 3 is 2.09 bits per heavy atom. The van der Waals surface area contributed by atoms with Crippen molar-refractivity contribution in [2.24, 2.45) is 0 Å². The third-order valence-corrected chi connectivity index (χ3v) is 4.57. The third kappa shape index (κ3) is 4.39. The molecular weight excluding hydrogens is 314 g/mol. The van der Waals surface area contributed by atoms with Crippen LogP contribution in [0.5, 0.6) is 11.5 Å². The fourth-order valence-electron chi connectivity index (χ4n) is 2.31. The number of aryl methyl sites for hydroxylation is 1. The first kappa shape index (κ1) is 17.1. The summed E-state index contributed by atoms with van der Waals surface area (Å²) >= 11 is 0. The van der Waals surface area contributed by atoms with Gasteiger partial charge in [0.25, 0.3) is 0 Å². The molecule has 2 aromatic carbocycles. The number of methoxy groups -OCH3 is 2. The largest absolute Gasteiger partial charge is 0.497 e. The smallest absolute Gasteiger partial charge is 0.232 e. The summed E-state index contributed by atoms with van der Waals surface area (Å²) in [5.41, 5.74) is 2.42. The Hall–Kier alpha value is -2.21. The number of sulfonamides is 1. The Balaban J connectivity index is 2.43. The van der Waals surface area contributed by atoms with Gasteiger partial charge in [-0.3, -0.25) is 4.31 Å². The van der Waals surface area contributed by atoms with Gasteiger partial charge < -0.3 is 9.47 Å². The molecule has 0 unspecified atom stereocenters. The molecule has 0 spiro atoms. The van der Waals surface area contributed by atoms with Crippen molar-refractivity contribution in [2.75, 3.05) is 24.8 Å². The molecule has 0 heterocycles. The first-order chi connectivity index (χ1) is 10.8. The number of hydrogen-bond acceptors (Lipinski definition) is 4. The second-order valence-electron chi connectivity index (χ2n) is 5.33. The van der Waals surface area contributed by atoms with Crippen LogP contribution >= 0.6 is 0 Å². The van der Waals surface area contributed by atoms with E-state index in [1.54, 1.807) is 38.5 Å². The number of anilines is 1. The summed E-state index contributed by atoms with van der Waals surface area (Å²) in [7, 11) is -0.294. The van der Waals surface area contributed by atoms with Gasteiger partial charge in [-0.05, 0) is 42.3 Å². The van der Waals surface area contributed by atoms with Crippen molar-refractivity contribution in [2.45, 2.75) is 13.5 Å². The standard InChI is InChI=1S/C17H21NO4S/c1-13-6-5-7-15(8-13)18(23(4,19)20)12-14-9-16(21-2)11-17(10-14)22-3/h5-11H,12H2,1-4H3. The van der Waals surface area contributed by atoms with Gasteiger partial charge >= 0.3 is 0 Å². The van der Waals surface area contributed by atoms with E-state index in [4.69, 9.17) is 9.47 Å². The quantitative estimate of drug-likeness (QED) is 0.814. The van der Waals surface area contributed by atoms with Gasteiger partial charge in [-0.15, -0.1) is 0 Å². The molecule has 0 aromatic heterocycles. The molecule has 0 fully saturated rings. The van der Waals surface area contributed by atoms with Gasteiger partial charge in [-0.25, -0.2) is 8.42 Å². The maximum Gasteiger partial charge on any atom is 0.232 e. The second-order valence-corrected chi connectivity index (χ2v) is 7.24. The molecule has 0 saturated carbocycles. The molecule has 2 aromatic rings. The van der Waals surface area contributed by atoms with Gasteiger partial charge in [0, 0.05) is 6.07 Å². The van der Waals surface area contributed by atoms with E-state index < -0.39 is 10.0 Å². The molecule has 0 N–H and O–H groups in total. The Bertz CT molecular complexity index is 765. The fraction of sp³-hybridized carbons (Fsp3) is 0.294. The monoisotopic (exact) mass is 335 g/mol. The minimum absolute atomic E-state index is 0.204. The van der Waals surface area contributed by atoms with Gasteiger partial charge in [0.05, 0.1) is 32.7 Å². The molecule has 0 amide bonds. The normalized spacial score (nSPS) is 11.1. The van der Waals surface area contributed by atoms with Crippen molar-refractivity contribution in [1.82, 2.24) is 0 Å². The molecule has 6 heteroatoms. The van der Waals surface area contributed by atoms with Crippen molar-refractivity contribution in [3.63, 3.8) is 0 Å². The second kappa shape index (κ2) is 6.91. The third-order valence-electron chi connectivity index (χ3n) is 3.43. The predicted octanol–water partition coefficient (Wildman–Crippen LogP) is 2.98. The van der Waals surface area contributed by atoms with Crippen molar-refractivity contribution in [3.8, 4) is 11.5 Å². The summed E-state index contributed by atoms with van der Waals surface area (Å²) in [5.74, 6) is 1.24. The molecule has 124 valence electrons. The van der Waals surface area contributed by atoms with Crippen LogP contribution in [0.15, 0.2) is 42.5 Å². The highest BCUT2D eigenvalue weighted by Gasteiger charge is 2.18. The number of hydrogen-bond donors (Lipinski definition) is 0. The van der Waals surface area contributed by atoms with Crippen LogP contribution in [0.2, 0.25) is 0 Å². The van der Waals surface area contributed by atoms with Crippen LogP contribution in [0, 0.1) is 6.92 Å². The van der Waals surface area contributed by atoms with Crippen LogP contribution in [0.3, 0.4) is 0 Å². The van der Waals surface area contributed by atoms with Gasteiger partial charge in [-0.1, -0.05) is 12.1 Å². The van der Waals surface area contributed by atoms with Crippen LogP contribution in [-0.4, -0.2) is 28.9 Å². The predicted molar refractivity (Wildman–Crippen MR) is 91.8 cm³/mol. The van der Waals surface area contributed by atoms with E-state index in [2.05, 4.69) is 0 Å². The zero-order valence-electron chi connectivity index (χ0n) is 13.7. The lowest BCUT2D eigenvalue weighted by Crippen LogP contribution is -2.29. The van der Waals surface area contributed by atoms with Crippen molar-refractivity contribution < 1.29 is 17.9 Å². The molecule has 5 nitrogen and oxygen atoms in total. The van der Waals surface area contributed by atoms with Crippen LogP contribution in [0.25, 0.3) is 0 Å². The zero-order chi connectivity index (χ0) is 17.0. The molecule has 0 radical (unpaired) electrons. The number of ether oxygens (including phenoxy) is 2. The Kier molecular flexibility index (Phi) is 5.15. The molecule has 0 aliphatic rings. The summed E-state index contributed by atoms with van der Waals surface area (Å²) in [5, 5.41) is 0. The lowest BCUT2D eigenvalue weighted by molar-refractivity contribution is 0.393. The first-order valence-corrected chi connectivity index (χ1v) is 8.94. The van der Waals surface area contributed by atoms with E-state index in [9.17, 15) is 8.42 Å². The summed E-state index contributed by atoms with van der Waals surface area (Å²) in [6.07, 6.45) is 1.20. The maximum atomic E-state index is 12.2. The number of nitrogens with zero attached hydrogens (tertiary/aromatic N) is 1. The molecule has 0 aliphatic heterocycles. The van der Waals surface area contributed by atoms with E-state index >= 15 is 0 Å². The van der Waals surface area contributed by atoms with Crippen LogP contribution < -0.4 is 13.8 Å². The van der Waals surface area contributed by atoms with Crippen molar-refractivity contribution in [1.29, 1.82) is 0 Å². The van der Waals surface area contributed by atoms with Crippen molar-refractivity contribution in [3.05, 3.63) is 53.6 Å². The minimum Gasteiger partial charge on any atom is -0.497 e. The lowest BCUT2D eigenvalue weighted by Gasteiger charge is -2.23. The summed E-state index contributed by atoms with van der Waals surface area (Å²) < 4.78 is 36.3. The number of benzene rings is 2. The summed E-state index contributed by atoms with van der Waals surface area (Å²) in [6, 6.07) is 12.8. The van der Waals surface area contributed by atoms with E-state index in [0.717, 1.165) is 11.1 Å². The molecule has 23 heavy (non-hydrogen) atoms. The van der Waals surface area contributed by atoms with E-state index in [1.165, 1.54) is 10.6 Å². The first-order valence-electron chi connectivity index (χ1n) is 7.10. The topological polar surface area (TPSA) is 55.8 Å².